The van der Waals surface area contributed by atoms with E-state index in [9.17, 15) is 98.6 Å². The summed E-state index contributed by atoms with van der Waals surface area (Å²) in [4.78, 5) is 160. The Labute approximate surface area is 680 Å². The van der Waals surface area contributed by atoms with E-state index in [4.69, 9.17) is 29.9 Å². The quantitative estimate of drug-likeness (QED) is 0.0104. The number of nitrogens with one attached hydrogen (secondary N) is 3. The molecule has 2 saturated heterocycles. The molecule has 0 aromatic carbocycles. The van der Waals surface area contributed by atoms with Crippen LogP contribution < -0.4 is 16.0 Å². The van der Waals surface area contributed by atoms with E-state index < -0.39 is 95.5 Å². The van der Waals surface area contributed by atoms with Crippen molar-refractivity contribution in [2.45, 2.75) is 227 Å². The Hall–Kier alpha value is -6.73. The number of ether oxygens (including phenoxy) is 2. The first-order valence-electron chi connectivity index (χ1n) is 36.6. The molecule has 34 nitrogen and oxygen atoms in total. The zero-order valence-electron chi connectivity index (χ0n) is 64.6. The van der Waals surface area contributed by atoms with E-state index in [0.29, 0.717) is 78.9 Å². The van der Waals surface area contributed by atoms with Crippen LogP contribution in [0.25, 0.3) is 0 Å². The summed E-state index contributed by atoms with van der Waals surface area (Å²) in [5.74, 6) is -8.52. The van der Waals surface area contributed by atoms with E-state index in [1.54, 1.807) is 41.5 Å². The van der Waals surface area contributed by atoms with Crippen molar-refractivity contribution in [3.8, 4) is 0 Å². The topological polar surface area (TPSA) is 515 Å². The van der Waals surface area contributed by atoms with Gasteiger partial charge in [-0.1, -0.05) is 39.5 Å². The SMILES string of the molecule is CC(=O)CC(CCCC(O)C(O)/C=C(\C)CCO)C(=O)OCC/C(C)=C\C(=O)N(O)CCCC1NC(=O)C(CCCN(O)C(=O)/C=C(/C)CCO)CC1=O.CC(=O)NC(CCCN(O)C(=O)/C=C(\C)CCO)C(=O)OCC/C(C)=C\C(=O)N(O)CCCC1CC(=O)C(CCCN(O)C(=O)/C=C(/C)CCO)NC1=O.[Cu+2].[Cu+2].[Cu+2]. The fourth-order valence-electron chi connectivity index (χ4n) is 11.2. The molecule has 37 heteroatoms. The second kappa shape index (κ2) is 60.8. The molecule has 0 saturated carbocycles. The molecule has 637 valence electrons. The molecule has 2 aliphatic rings. The molecule has 2 heterocycles. The fraction of sp³-hybridized carbons (Fsp3) is 0.662. The molecule has 0 bridgehead atoms. The van der Waals surface area contributed by atoms with Gasteiger partial charge in [0.05, 0.1) is 43.4 Å². The molecule has 111 heavy (non-hydrogen) atoms. The standard InChI is InChI=1S/C38H61N3O13.C36H57N5O13.3Cu/c1-25(12-17-42)20-34(47)32(45)11-5-8-30(23-28(4)44)38(51)54-19-14-27(3)22-36(49)41(53)16-7-10-31-33(46)24-29(37(50)39-31)9-6-15-40(52)35(48)21-26(2)13-18-43;1-24(11-17-42)20-32(46)40(52)15-6-9-29-31(45)23-28(35(49)38-29)8-5-14-39(51)34(48)22-26(3)13-19-54-36(50)30(37-27(4)44)10-7-16-41(53)33(47)21-25(2)12-18-43;;;/h20-22,29-32,34,42-43,45,47,52-53H,5-19,23-24H2,1-4H3,(H,39,50);20-22,28-30,42-43,51-53H,5-19,23H2,1-4H3,(H,37,44)(H,38,49);;;/q;;3*+2/b25-20+,26-21-,27-22-;24-20-,25-21+,26-22-;;;. The van der Waals surface area contributed by atoms with E-state index >= 15 is 0 Å². The van der Waals surface area contributed by atoms with Crippen LogP contribution in [0, 0.1) is 17.8 Å². The summed E-state index contributed by atoms with van der Waals surface area (Å²) in [6.07, 6.45) is 9.65. The van der Waals surface area contributed by atoms with Gasteiger partial charge < -0.3 is 60.9 Å². The van der Waals surface area contributed by atoms with Gasteiger partial charge in [0.25, 0.3) is 29.5 Å². The number of hydrogen-bond donors (Lipinski definition) is 14. The predicted octanol–water partition coefficient (Wildman–Crippen LogP) is 3.17. The summed E-state index contributed by atoms with van der Waals surface area (Å²) >= 11 is 0. The number of aliphatic hydroxyl groups excluding tert-OH is 6. The smallest absolute Gasteiger partial charge is 0.465 e. The Morgan fingerprint density at radius 1 is 0.441 bits per heavy atom. The van der Waals surface area contributed by atoms with Gasteiger partial charge in [-0.15, -0.1) is 0 Å². The molecule has 3 radical (unpaired) electrons. The zero-order chi connectivity index (χ0) is 81.6. The van der Waals surface area contributed by atoms with Crippen LogP contribution in [0.4, 0.5) is 0 Å². The van der Waals surface area contributed by atoms with Crippen molar-refractivity contribution in [1.29, 1.82) is 0 Å². The van der Waals surface area contributed by atoms with Crippen LogP contribution >= 0.6 is 0 Å². The number of hydrogen-bond acceptors (Lipinski definition) is 26. The molecule has 8 amide bonds. The summed E-state index contributed by atoms with van der Waals surface area (Å²) in [6.45, 7) is 11.4. The molecule has 8 atom stereocenters. The number of rotatable bonds is 50. The molecule has 8 unspecified atom stereocenters. The van der Waals surface area contributed by atoms with E-state index in [1.165, 1.54) is 44.2 Å². The van der Waals surface area contributed by atoms with E-state index in [-0.39, 0.29) is 268 Å². The number of hydroxylamine groups is 10. The average molecular weight is 1730 g/mol. The first kappa shape index (κ1) is 108. The zero-order valence-corrected chi connectivity index (χ0v) is 67.4. The van der Waals surface area contributed by atoms with Crippen LogP contribution in [0.3, 0.4) is 0 Å². The van der Waals surface area contributed by atoms with Gasteiger partial charge in [0.1, 0.15) is 11.8 Å². The van der Waals surface area contributed by atoms with Crippen molar-refractivity contribution in [2.75, 3.05) is 72.4 Å². The second-order valence-corrected chi connectivity index (χ2v) is 27.4. The Balaban J connectivity index is -0.00000205. The van der Waals surface area contributed by atoms with Crippen molar-refractivity contribution >= 4 is 76.5 Å². The monoisotopic (exact) mass is 1720 g/mol. The summed E-state index contributed by atoms with van der Waals surface area (Å²) in [6, 6.07) is -2.57. The number of aliphatic hydroxyl groups is 6. The van der Waals surface area contributed by atoms with Gasteiger partial charge >= 0.3 is 63.1 Å². The normalized spacial score (nSPS) is 17.3. The Bertz CT molecular complexity index is 3170. The van der Waals surface area contributed by atoms with Gasteiger partial charge in [-0.05, 0) is 158 Å². The molecule has 2 rings (SSSR count). The molecule has 2 aliphatic heterocycles. The van der Waals surface area contributed by atoms with Gasteiger partial charge in [-0.25, -0.2) is 30.1 Å². The molecule has 0 spiro atoms. The predicted molar refractivity (Wildman–Crippen MR) is 387 cm³/mol. The molecular formula is C74H118Cu3N8O26+6. The van der Waals surface area contributed by atoms with Crippen LogP contribution in [0.15, 0.2) is 69.9 Å². The molecule has 2 fully saturated rings. The maximum atomic E-state index is 12.7. The van der Waals surface area contributed by atoms with E-state index in [0.717, 1.165) is 11.6 Å². The fourth-order valence-corrected chi connectivity index (χ4v) is 11.2. The molecule has 14 N–H and O–H groups in total. The van der Waals surface area contributed by atoms with Crippen LogP contribution in [-0.4, -0.2) is 261 Å². The van der Waals surface area contributed by atoms with Crippen LogP contribution in [0.2, 0.25) is 0 Å². The van der Waals surface area contributed by atoms with Gasteiger partial charge in [-0.3, -0.25) is 78.8 Å². The van der Waals surface area contributed by atoms with Crippen molar-refractivity contribution in [2.24, 2.45) is 17.8 Å². The minimum Gasteiger partial charge on any atom is -0.465 e. The van der Waals surface area contributed by atoms with Crippen molar-refractivity contribution < 1.29 is 180 Å². The van der Waals surface area contributed by atoms with Gasteiger partial charge in [-0.2, -0.15) is 0 Å². The van der Waals surface area contributed by atoms with Crippen molar-refractivity contribution in [3.63, 3.8) is 0 Å². The third-order valence-corrected chi connectivity index (χ3v) is 17.5. The van der Waals surface area contributed by atoms with Crippen LogP contribution in [-0.2, 0) is 123 Å². The largest absolute Gasteiger partial charge is 2.00 e. The maximum Gasteiger partial charge on any atom is 2.00 e. The number of esters is 2. The Morgan fingerprint density at radius 2 is 0.766 bits per heavy atom. The average Bonchev–Trinajstić information content (AvgIpc) is 0.848. The maximum absolute atomic E-state index is 12.7. The van der Waals surface area contributed by atoms with Gasteiger partial charge in [0.15, 0.2) is 11.6 Å². The first-order valence-corrected chi connectivity index (χ1v) is 36.6. The molecule has 0 aromatic rings. The summed E-state index contributed by atoms with van der Waals surface area (Å²) in [7, 11) is 0. The van der Waals surface area contributed by atoms with Gasteiger partial charge in [0, 0.05) is 140 Å². The number of Topliss-reactive ketones (excluding diaryl/α,β-unsaturated/α-hetero) is 3. The number of amides is 8. The number of piperidine rings is 2. The van der Waals surface area contributed by atoms with Crippen molar-refractivity contribution in [3.05, 3.63) is 69.9 Å². The Kier molecular flexibility index (Phi) is 59.4. The van der Waals surface area contributed by atoms with Crippen LogP contribution in [0.1, 0.15) is 197 Å². The minimum atomic E-state index is -1.13. The summed E-state index contributed by atoms with van der Waals surface area (Å²) in [5, 5.41) is 117. The molecule has 0 aliphatic carbocycles. The number of ketones is 3. The van der Waals surface area contributed by atoms with Crippen molar-refractivity contribution in [1.82, 2.24) is 41.3 Å². The second-order valence-electron chi connectivity index (χ2n) is 27.4. The summed E-state index contributed by atoms with van der Waals surface area (Å²) < 4.78 is 10.6. The Morgan fingerprint density at radius 3 is 1.11 bits per heavy atom. The van der Waals surface area contributed by atoms with Gasteiger partial charge in [0.2, 0.25) is 17.7 Å². The van der Waals surface area contributed by atoms with E-state index in [2.05, 4.69) is 16.0 Å². The third-order valence-electron chi connectivity index (χ3n) is 17.5. The molecular weight excluding hydrogens is 1610 g/mol. The third kappa shape index (κ3) is 47.5. The summed E-state index contributed by atoms with van der Waals surface area (Å²) in [5.41, 5.74) is 3.52. The van der Waals surface area contributed by atoms with E-state index in [1.807, 2.05) is 0 Å². The first-order chi connectivity index (χ1) is 51.0. The number of nitrogens with zero attached hydrogens (tertiary/aromatic N) is 5. The number of carbonyl (C=O) groups is 13. The molecule has 0 aromatic heterocycles. The number of carbonyl (C=O) groups excluding carboxylic acids is 13. The van der Waals surface area contributed by atoms with Crippen LogP contribution in [0.5, 0.6) is 0 Å². The minimum absolute atomic E-state index is 0.